The van der Waals surface area contributed by atoms with Gasteiger partial charge in [0.05, 0.1) is 0 Å². The van der Waals surface area contributed by atoms with Gasteiger partial charge in [-0.1, -0.05) is 59.8 Å². The third kappa shape index (κ3) is 4.53. The fourth-order valence-corrected chi connectivity index (χ4v) is 4.92. The SMILES string of the molecule is Fc1ccc(-c2ccc([C@@H]3Nc4ccccc4-c4nnc(SCc5ccccc5Cl)nc4O3)o2)cc1. The van der Waals surface area contributed by atoms with Crippen molar-refractivity contribution in [2.75, 3.05) is 5.32 Å². The lowest BCUT2D eigenvalue weighted by Crippen LogP contribution is -2.16. The number of hydrogen-bond acceptors (Lipinski definition) is 7. The van der Waals surface area contributed by atoms with Crippen molar-refractivity contribution in [1.29, 1.82) is 0 Å². The van der Waals surface area contributed by atoms with Crippen LogP contribution >= 0.6 is 23.4 Å². The molecule has 1 N–H and O–H groups in total. The Hall–Kier alpha value is -3.88. The van der Waals surface area contributed by atoms with Gasteiger partial charge in [-0.3, -0.25) is 0 Å². The van der Waals surface area contributed by atoms with Gasteiger partial charge in [-0.05, 0) is 54.1 Å². The number of fused-ring (bicyclic) bond motifs is 3. The Balaban J connectivity index is 1.32. The smallest absolute Gasteiger partial charge is 0.247 e. The Morgan fingerprint density at radius 1 is 0.917 bits per heavy atom. The highest BCUT2D eigenvalue weighted by Gasteiger charge is 2.28. The lowest BCUT2D eigenvalue weighted by molar-refractivity contribution is 0.196. The molecule has 0 spiro atoms. The number of anilines is 1. The van der Waals surface area contributed by atoms with Crippen LogP contribution in [0.15, 0.2) is 94.5 Å². The minimum Gasteiger partial charge on any atom is -0.455 e. The topological polar surface area (TPSA) is 73.1 Å². The summed E-state index contributed by atoms with van der Waals surface area (Å²) in [5.41, 5.74) is 3.92. The zero-order valence-electron chi connectivity index (χ0n) is 18.7. The molecule has 36 heavy (non-hydrogen) atoms. The monoisotopic (exact) mass is 516 g/mol. The van der Waals surface area contributed by atoms with Crippen molar-refractivity contribution in [2.45, 2.75) is 17.1 Å². The highest BCUT2D eigenvalue weighted by atomic mass is 35.5. The van der Waals surface area contributed by atoms with Crippen LogP contribution in [0.3, 0.4) is 0 Å². The molecule has 3 aromatic carbocycles. The number of ether oxygens (including phenoxy) is 1. The zero-order valence-corrected chi connectivity index (χ0v) is 20.3. The van der Waals surface area contributed by atoms with Crippen molar-refractivity contribution in [3.8, 4) is 28.5 Å². The summed E-state index contributed by atoms with van der Waals surface area (Å²) in [6.45, 7) is 0. The average Bonchev–Trinajstić information content (AvgIpc) is 3.33. The number of furan rings is 1. The fourth-order valence-electron chi connectivity index (χ4n) is 3.86. The number of nitrogens with one attached hydrogen (secondary N) is 1. The van der Waals surface area contributed by atoms with E-state index in [0.29, 0.717) is 39.0 Å². The maximum atomic E-state index is 13.3. The minimum absolute atomic E-state index is 0.303. The fraction of sp³-hybridized carbons (Fsp3) is 0.0741. The maximum absolute atomic E-state index is 13.3. The number of thioether (sulfide) groups is 1. The number of hydrogen-bond donors (Lipinski definition) is 1. The van der Waals surface area contributed by atoms with Crippen molar-refractivity contribution in [3.63, 3.8) is 0 Å². The summed E-state index contributed by atoms with van der Waals surface area (Å²) in [7, 11) is 0. The van der Waals surface area contributed by atoms with Gasteiger partial charge in [0.2, 0.25) is 17.3 Å². The van der Waals surface area contributed by atoms with Crippen molar-refractivity contribution in [3.05, 3.63) is 107 Å². The van der Waals surface area contributed by atoms with Gasteiger partial charge in [-0.15, -0.1) is 10.2 Å². The number of para-hydroxylation sites is 1. The quantitative estimate of drug-likeness (QED) is 0.244. The second-order valence-corrected chi connectivity index (χ2v) is 9.37. The predicted molar refractivity (Wildman–Crippen MR) is 137 cm³/mol. The Morgan fingerprint density at radius 3 is 2.58 bits per heavy atom. The second-order valence-electron chi connectivity index (χ2n) is 8.02. The first-order chi connectivity index (χ1) is 17.6. The molecule has 0 bridgehead atoms. The Kier molecular flexibility index (Phi) is 6.04. The molecule has 178 valence electrons. The number of nitrogens with zero attached hydrogens (tertiary/aromatic N) is 3. The highest BCUT2D eigenvalue weighted by Crippen LogP contribution is 2.40. The second kappa shape index (κ2) is 9.64. The molecule has 6 rings (SSSR count). The van der Waals surface area contributed by atoms with E-state index in [-0.39, 0.29) is 5.82 Å². The van der Waals surface area contributed by atoms with E-state index in [1.54, 1.807) is 12.1 Å². The molecular formula is C27H18ClFN4O2S. The number of benzene rings is 3. The average molecular weight is 517 g/mol. The van der Waals surface area contributed by atoms with Gasteiger partial charge >= 0.3 is 0 Å². The van der Waals surface area contributed by atoms with Gasteiger partial charge in [0.15, 0.2) is 11.5 Å². The summed E-state index contributed by atoms with van der Waals surface area (Å²) in [5.74, 6) is 1.78. The standard InChI is InChI=1S/C27H18ClFN4O2S/c28-20-7-3-1-5-17(20)15-36-27-31-26-24(32-33-27)19-6-2-4-8-21(19)30-25(35-26)23-14-13-22(34-23)16-9-11-18(29)12-10-16/h1-14,25,30H,15H2/t25-/m1/s1. The molecule has 5 aromatic rings. The molecule has 6 nitrogen and oxygen atoms in total. The lowest BCUT2D eigenvalue weighted by atomic mass is 10.1. The third-order valence-electron chi connectivity index (χ3n) is 5.66. The molecule has 1 atom stereocenters. The van der Waals surface area contributed by atoms with E-state index in [2.05, 4.69) is 20.5 Å². The maximum Gasteiger partial charge on any atom is 0.247 e. The van der Waals surface area contributed by atoms with Crippen molar-refractivity contribution in [1.82, 2.24) is 15.2 Å². The molecule has 0 fully saturated rings. The van der Waals surface area contributed by atoms with E-state index in [0.717, 1.165) is 22.4 Å². The largest absolute Gasteiger partial charge is 0.455 e. The Morgan fingerprint density at radius 2 is 1.72 bits per heavy atom. The number of halogens is 2. The summed E-state index contributed by atoms with van der Waals surface area (Å²) >= 11 is 7.72. The van der Waals surface area contributed by atoms with Crippen LogP contribution in [-0.2, 0) is 5.75 Å². The normalized spacial score (nSPS) is 14.2. The van der Waals surface area contributed by atoms with Gasteiger partial charge in [-0.2, -0.15) is 4.98 Å². The van der Waals surface area contributed by atoms with Crippen LogP contribution < -0.4 is 10.1 Å². The van der Waals surface area contributed by atoms with E-state index in [4.69, 9.17) is 20.8 Å². The van der Waals surface area contributed by atoms with Gasteiger partial charge in [-0.25, -0.2) is 4.39 Å². The van der Waals surface area contributed by atoms with Gasteiger partial charge in [0.25, 0.3) is 0 Å². The number of aromatic nitrogens is 3. The van der Waals surface area contributed by atoms with Crippen LogP contribution in [0, 0.1) is 5.82 Å². The van der Waals surface area contributed by atoms with Crippen LogP contribution in [0.2, 0.25) is 5.02 Å². The van der Waals surface area contributed by atoms with Gasteiger partial charge in [0.1, 0.15) is 11.6 Å². The van der Waals surface area contributed by atoms with Gasteiger partial charge in [0, 0.05) is 27.6 Å². The van der Waals surface area contributed by atoms with Crippen LogP contribution in [0.25, 0.3) is 22.6 Å². The first-order valence-corrected chi connectivity index (χ1v) is 12.5. The molecule has 3 heterocycles. The molecule has 0 radical (unpaired) electrons. The van der Waals surface area contributed by atoms with Crippen molar-refractivity contribution < 1.29 is 13.5 Å². The summed E-state index contributed by atoms with van der Waals surface area (Å²) in [5, 5.41) is 13.3. The summed E-state index contributed by atoms with van der Waals surface area (Å²) in [4.78, 5) is 4.67. The summed E-state index contributed by atoms with van der Waals surface area (Å²) in [6, 6.07) is 25.2. The molecule has 1 aliphatic heterocycles. The molecule has 1 aliphatic rings. The highest BCUT2D eigenvalue weighted by molar-refractivity contribution is 7.98. The molecule has 0 unspecified atom stereocenters. The molecule has 0 amide bonds. The van der Waals surface area contributed by atoms with E-state index < -0.39 is 6.23 Å². The number of rotatable bonds is 5. The summed E-state index contributed by atoms with van der Waals surface area (Å²) in [6.07, 6.45) is -0.667. The molecule has 2 aromatic heterocycles. The first-order valence-electron chi connectivity index (χ1n) is 11.1. The molecule has 0 saturated carbocycles. The lowest BCUT2D eigenvalue weighted by Gasteiger charge is -2.16. The molecular weight excluding hydrogens is 499 g/mol. The minimum atomic E-state index is -0.667. The van der Waals surface area contributed by atoms with Crippen LogP contribution in [0.4, 0.5) is 10.1 Å². The van der Waals surface area contributed by atoms with Crippen LogP contribution in [0.1, 0.15) is 17.6 Å². The van der Waals surface area contributed by atoms with Crippen molar-refractivity contribution in [2.24, 2.45) is 0 Å². The van der Waals surface area contributed by atoms with Crippen LogP contribution in [-0.4, -0.2) is 15.2 Å². The van der Waals surface area contributed by atoms with Gasteiger partial charge < -0.3 is 14.5 Å². The van der Waals surface area contributed by atoms with Crippen molar-refractivity contribution >= 4 is 29.1 Å². The predicted octanol–water partition coefficient (Wildman–Crippen LogP) is 7.39. The molecule has 9 heteroatoms. The van der Waals surface area contributed by atoms with E-state index in [9.17, 15) is 4.39 Å². The molecule has 0 saturated heterocycles. The zero-order chi connectivity index (χ0) is 24.5. The molecule has 0 aliphatic carbocycles. The van der Waals surface area contributed by atoms with E-state index in [1.807, 2.05) is 60.7 Å². The third-order valence-corrected chi connectivity index (χ3v) is 6.92. The van der Waals surface area contributed by atoms with Crippen LogP contribution in [0.5, 0.6) is 5.88 Å². The Labute approximate surface area is 215 Å². The van der Waals surface area contributed by atoms with E-state index in [1.165, 1.54) is 23.9 Å². The summed E-state index contributed by atoms with van der Waals surface area (Å²) < 4.78 is 25.7. The van der Waals surface area contributed by atoms with E-state index >= 15 is 0 Å². The first kappa shape index (κ1) is 22.6. The Bertz CT molecular complexity index is 1540.